The Morgan fingerprint density at radius 2 is 2.18 bits per heavy atom. The van der Waals surface area contributed by atoms with Gasteiger partial charge in [0.15, 0.2) is 6.61 Å². The first-order valence-electron chi connectivity index (χ1n) is 4.34. The first-order chi connectivity index (χ1) is 7.99. The summed E-state index contributed by atoms with van der Waals surface area (Å²) >= 11 is 8.97. The van der Waals surface area contributed by atoms with Crippen molar-refractivity contribution in [2.75, 3.05) is 11.9 Å². The van der Waals surface area contributed by atoms with Crippen LogP contribution in [0.1, 0.15) is 0 Å². The summed E-state index contributed by atoms with van der Waals surface area (Å²) < 4.78 is 0.628. The number of carboxylic acid groups (broad SMARTS) is 1. The van der Waals surface area contributed by atoms with E-state index < -0.39 is 18.6 Å². The highest BCUT2D eigenvalue weighted by molar-refractivity contribution is 9.10. The lowest BCUT2D eigenvalue weighted by Gasteiger charge is -2.07. The van der Waals surface area contributed by atoms with Crippen LogP contribution in [0.25, 0.3) is 0 Å². The lowest BCUT2D eigenvalue weighted by molar-refractivity contribution is -0.143. The molecular weight excluding hydrogens is 315 g/mol. The number of carboxylic acids is 1. The van der Waals surface area contributed by atoms with Crippen LogP contribution >= 0.6 is 27.5 Å². The maximum absolute atomic E-state index is 11.2. The average Bonchev–Trinajstić information content (AvgIpc) is 2.23. The van der Waals surface area contributed by atoms with E-state index in [4.69, 9.17) is 16.7 Å². The van der Waals surface area contributed by atoms with Gasteiger partial charge in [0.05, 0.1) is 5.02 Å². The fourth-order valence-electron chi connectivity index (χ4n) is 0.894. The smallest absolute Gasteiger partial charge is 0.343 e. The SMILES string of the molecule is O=C(O)CONC(=O)Nc1ccc(Cl)c(Br)c1. The second kappa shape index (κ2) is 6.43. The number of urea groups is 1. The van der Waals surface area contributed by atoms with Gasteiger partial charge in [0.1, 0.15) is 0 Å². The van der Waals surface area contributed by atoms with Gasteiger partial charge < -0.3 is 10.4 Å². The molecule has 0 unspecified atom stereocenters. The molecule has 0 atom stereocenters. The fourth-order valence-corrected chi connectivity index (χ4v) is 1.39. The van der Waals surface area contributed by atoms with Gasteiger partial charge >= 0.3 is 12.0 Å². The molecule has 6 nitrogen and oxygen atoms in total. The topological polar surface area (TPSA) is 87.7 Å². The molecule has 3 N–H and O–H groups in total. The second-order valence-electron chi connectivity index (χ2n) is 2.87. The molecule has 0 aliphatic heterocycles. The zero-order chi connectivity index (χ0) is 12.8. The quantitative estimate of drug-likeness (QED) is 0.742. The van der Waals surface area contributed by atoms with Crippen LogP contribution in [0.5, 0.6) is 0 Å². The minimum Gasteiger partial charge on any atom is -0.479 e. The highest BCUT2D eigenvalue weighted by atomic mass is 79.9. The van der Waals surface area contributed by atoms with Crippen LogP contribution < -0.4 is 10.8 Å². The third kappa shape index (κ3) is 5.03. The number of aliphatic carboxylic acids is 1. The lowest BCUT2D eigenvalue weighted by atomic mass is 10.3. The van der Waals surface area contributed by atoms with Crippen molar-refractivity contribution in [2.24, 2.45) is 0 Å². The predicted molar refractivity (Wildman–Crippen MR) is 64.9 cm³/mol. The van der Waals surface area contributed by atoms with Crippen LogP contribution in [0.4, 0.5) is 10.5 Å². The molecule has 0 spiro atoms. The summed E-state index contributed by atoms with van der Waals surface area (Å²) in [5.74, 6) is -1.18. The summed E-state index contributed by atoms with van der Waals surface area (Å²) in [7, 11) is 0. The third-order valence-corrected chi connectivity index (χ3v) is 2.75. The van der Waals surface area contributed by atoms with E-state index >= 15 is 0 Å². The molecule has 0 aliphatic carbocycles. The molecule has 8 heteroatoms. The van der Waals surface area contributed by atoms with E-state index in [1.165, 1.54) is 0 Å². The number of rotatable bonds is 4. The molecule has 1 aromatic carbocycles. The summed E-state index contributed by atoms with van der Waals surface area (Å²) in [6.07, 6.45) is 0. The molecule has 0 fully saturated rings. The van der Waals surface area contributed by atoms with Crippen LogP contribution in [0.3, 0.4) is 0 Å². The van der Waals surface area contributed by atoms with Crippen molar-refractivity contribution in [2.45, 2.75) is 0 Å². The number of halogens is 2. The van der Waals surface area contributed by atoms with E-state index in [2.05, 4.69) is 26.1 Å². The third-order valence-electron chi connectivity index (χ3n) is 1.54. The van der Waals surface area contributed by atoms with Gasteiger partial charge in [-0.25, -0.2) is 15.1 Å². The van der Waals surface area contributed by atoms with Gasteiger partial charge in [0.25, 0.3) is 0 Å². The van der Waals surface area contributed by atoms with Crippen molar-refractivity contribution in [3.8, 4) is 0 Å². The Hall–Kier alpha value is -1.31. The molecule has 0 aliphatic rings. The number of nitrogens with one attached hydrogen (secondary N) is 2. The van der Waals surface area contributed by atoms with Crippen LogP contribution in [-0.4, -0.2) is 23.7 Å². The highest BCUT2D eigenvalue weighted by Gasteiger charge is 2.04. The van der Waals surface area contributed by atoms with E-state index in [0.717, 1.165) is 0 Å². The molecular formula is C9H8BrClN2O4. The van der Waals surface area contributed by atoms with E-state index in [-0.39, 0.29) is 0 Å². The zero-order valence-corrected chi connectivity index (χ0v) is 10.7. The average molecular weight is 324 g/mol. The van der Waals surface area contributed by atoms with Crippen molar-refractivity contribution in [1.82, 2.24) is 5.48 Å². The number of hydroxylamine groups is 1. The summed E-state index contributed by atoms with van der Waals surface area (Å²) in [5, 5.41) is 11.2. The fraction of sp³-hybridized carbons (Fsp3) is 0.111. The van der Waals surface area contributed by atoms with Crippen molar-refractivity contribution in [3.63, 3.8) is 0 Å². The molecule has 17 heavy (non-hydrogen) atoms. The summed E-state index contributed by atoms with van der Waals surface area (Å²) in [5.41, 5.74) is 2.40. The molecule has 0 saturated heterocycles. The molecule has 2 amide bonds. The normalized spacial score (nSPS) is 9.76. The first kappa shape index (κ1) is 13.8. The first-order valence-corrected chi connectivity index (χ1v) is 5.52. The Bertz CT molecular complexity index is 441. The van der Waals surface area contributed by atoms with Gasteiger partial charge in [0.2, 0.25) is 0 Å². The van der Waals surface area contributed by atoms with E-state index in [0.29, 0.717) is 15.2 Å². The number of carbonyl (C=O) groups is 2. The molecule has 0 radical (unpaired) electrons. The van der Waals surface area contributed by atoms with Crippen LogP contribution in [0.2, 0.25) is 5.02 Å². The predicted octanol–water partition coefficient (Wildman–Crippen LogP) is 2.24. The molecule has 0 aromatic heterocycles. The Labute approximate surface area is 110 Å². The molecule has 92 valence electrons. The Kier molecular flexibility index (Phi) is 5.20. The van der Waals surface area contributed by atoms with Crippen molar-refractivity contribution < 1.29 is 19.5 Å². The van der Waals surface area contributed by atoms with Crippen molar-refractivity contribution in [3.05, 3.63) is 27.7 Å². The Balaban J connectivity index is 2.45. The largest absolute Gasteiger partial charge is 0.479 e. The molecule has 1 aromatic rings. The van der Waals surface area contributed by atoms with Crippen LogP contribution in [0, 0.1) is 0 Å². The van der Waals surface area contributed by atoms with Gasteiger partial charge in [-0.15, -0.1) is 0 Å². The van der Waals surface area contributed by atoms with Gasteiger partial charge in [-0.05, 0) is 34.1 Å². The number of hydrogen-bond acceptors (Lipinski definition) is 3. The molecule has 0 saturated carbocycles. The molecule has 1 rings (SSSR count). The number of anilines is 1. The highest BCUT2D eigenvalue weighted by Crippen LogP contribution is 2.25. The van der Waals surface area contributed by atoms with Crippen molar-refractivity contribution in [1.29, 1.82) is 0 Å². The zero-order valence-electron chi connectivity index (χ0n) is 8.37. The van der Waals surface area contributed by atoms with Gasteiger partial charge in [-0.1, -0.05) is 11.6 Å². The van der Waals surface area contributed by atoms with Crippen molar-refractivity contribution >= 4 is 45.2 Å². The molecule has 0 heterocycles. The van der Waals surface area contributed by atoms with Gasteiger partial charge in [-0.2, -0.15) is 0 Å². The molecule has 0 bridgehead atoms. The standard InChI is InChI=1S/C9H8BrClN2O4/c10-6-3-5(1-2-7(6)11)12-9(16)13-17-4-8(14)15/h1-3H,4H2,(H,14,15)(H2,12,13,16). The van der Waals surface area contributed by atoms with Crippen LogP contribution in [-0.2, 0) is 9.63 Å². The summed E-state index contributed by atoms with van der Waals surface area (Å²) in [4.78, 5) is 25.7. The summed E-state index contributed by atoms with van der Waals surface area (Å²) in [6, 6.07) is 4.10. The Morgan fingerprint density at radius 3 is 2.76 bits per heavy atom. The van der Waals surface area contributed by atoms with Crippen LogP contribution in [0.15, 0.2) is 22.7 Å². The van der Waals surface area contributed by atoms with E-state index in [9.17, 15) is 9.59 Å². The second-order valence-corrected chi connectivity index (χ2v) is 4.13. The lowest BCUT2D eigenvalue weighted by Crippen LogP contribution is -2.30. The number of hydrogen-bond donors (Lipinski definition) is 3. The number of carbonyl (C=O) groups excluding carboxylic acids is 1. The van der Waals surface area contributed by atoms with Gasteiger partial charge in [0, 0.05) is 10.2 Å². The maximum Gasteiger partial charge on any atom is 0.343 e. The number of amides is 2. The summed E-state index contributed by atoms with van der Waals surface area (Å²) in [6.45, 7) is -0.613. The maximum atomic E-state index is 11.2. The monoisotopic (exact) mass is 322 g/mol. The minimum atomic E-state index is -1.18. The van der Waals surface area contributed by atoms with Gasteiger partial charge in [-0.3, -0.25) is 4.84 Å². The van der Waals surface area contributed by atoms with E-state index in [1.54, 1.807) is 18.2 Å². The van der Waals surface area contributed by atoms with E-state index in [1.807, 2.05) is 5.48 Å². The Morgan fingerprint density at radius 1 is 1.47 bits per heavy atom. The minimum absolute atomic E-state index is 0.484. The number of benzene rings is 1.